The molecule has 0 N–H and O–H groups in total. The normalized spacial score (nSPS) is 10.6. The Morgan fingerprint density at radius 3 is 1.95 bits per heavy atom. The highest BCUT2D eigenvalue weighted by atomic mass is 32.2. The molecule has 0 saturated carbocycles. The van der Waals surface area contributed by atoms with Crippen molar-refractivity contribution in [2.75, 3.05) is 21.3 Å². The highest BCUT2D eigenvalue weighted by molar-refractivity contribution is 7.99. The lowest BCUT2D eigenvalue weighted by molar-refractivity contribution is 0.324. The second-order valence-corrected chi connectivity index (χ2v) is 6.56. The lowest BCUT2D eigenvalue weighted by atomic mass is 10.1. The van der Waals surface area contributed by atoms with Crippen LogP contribution in [0.3, 0.4) is 0 Å². The van der Waals surface area contributed by atoms with Crippen molar-refractivity contribution in [3.05, 3.63) is 30.5 Å². The molecule has 0 radical (unpaired) electrons. The number of benzene rings is 1. The average Bonchev–Trinajstić information content (AvgIpc) is 2.53. The van der Waals surface area contributed by atoms with E-state index in [1.54, 1.807) is 33.1 Å². The molecule has 0 aliphatic rings. The minimum Gasteiger partial charge on any atom is -0.493 e. The standard InChI is InChI=1S/C17H21NO3S/c1-11(2)22-16-7-6-12(10-18-16)13-8-14(19-3)17(21-5)15(9-13)20-4/h6-11H,1-5H3. The van der Waals surface area contributed by atoms with Crippen LogP contribution in [0.25, 0.3) is 11.1 Å². The van der Waals surface area contributed by atoms with E-state index in [1.807, 2.05) is 24.4 Å². The van der Waals surface area contributed by atoms with E-state index in [-0.39, 0.29) is 0 Å². The van der Waals surface area contributed by atoms with Gasteiger partial charge in [-0.3, -0.25) is 0 Å². The van der Waals surface area contributed by atoms with Gasteiger partial charge >= 0.3 is 0 Å². The Labute approximate surface area is 135 Å². The van der Waals surface area contributed by atoms with Crippen LogP contribution < -0.4 is 14.2 Å². The number of hydrogen-bond donors (Lipinski definition) is 0. The molecule has 2 aromatic rings. The predicted molar refractivity (Wildman–Crippen MR) is 90.3 cm³/mol. The molecule has 1 aromatic carbocycles. The Balaban J connectivity index is 2.39. The van der Waals surface area contributed by atoms with Gasteiger partial charge in [0.2, 0.25) is 5.75 Å². The van der Waals surface area contributed by atoms with Crippen LogP contribution in [0.4, 0.5) is 0 Å². The van der Waals surface area contributed by atoms with E-state index < -0.39 is 0 Å². The predicted octanol–water partition coefficient (Wildman–Crippen LogP) is 4.27. The maximum absolute atomic E-state index is 5.39. The third kappa shape index (κ3) is 3.65. The van der Waals surface area contributed by atoms with Gasteiger partial charge in [-0.2, -0.15) is 0 Å². The van der Waals surface area contributed by atoms with Crippen LogP contribution >= 0.6 is 11.8 Å². The summed E-state index contributed by atoms with van der Waals surface area (Å²) in [4.78, 5) is 4.50. The minimum absolute atomic E-state index is 0.513. The average molecular weight is 319 g/mol. The third-order valence-corrected chi connectivity index (χ3v) is 4.05. The molecule has 22 heavy (non-hydrogen) atoms. The molecule has 0 bridgehead atoms. The zero-order valence-corrected chi connectivity index (χ0v) is 14.4. The number of aromatic nitrogens is 1. The van der Waals surface area contributed by atoms with Crippen molar-refractivity contribution in [2.24, 2.45) is 0 Å². The van der Waals surface area contributed by atoms with E-state index in [0.717, 1.165) is 16.2 Å². The van der Waals surface area contributed by atoms with E-state index in [0.29, 0.717) is 22.5 Å². The van der Waals surface area contributed by atoms with Crippen LogP contribution in [-0.4, -0.2) is 31.6 Å². The number of hydrogen-bond acceptors (Lipinski definition) is 5. The van der Waals surface area contributed by atoms with Crippen molar-refractivity contribution in [1.82, 2.24) is 4.98 Å². The van der Waals surface area contributed by atoms with Gasteiger partial charge in [0.25, 0.3) is 0 Å². The maximum Gasteiger partial charge on any atom is 0.203 e. The molecule has 0 amide bonds. The first-order valence-electron chi connectivity index (χ1n) is 7.02. The monoisotopic (exact) mass is 319 g/mol. The zero-order chi connectivity index (χ0) is 16.1. The molecule has 118 valence electrons. The highest BCUT2D eigenvalue weighted by Gasteiger charge is 2.14. The summed E-state index contributed by atoms with van der Waals surface area (Å²) in [5.74, 6) is 1.86. The molecule has 0 atom stereocenters. The van der Waals surface area contributed by atoms with Crippen LogP contribution in [0.1, 0.15) is 13.8 Å². The summed E-state index contributed by atoms with van der Waals surface area (Å²) in [7, 11) is 4.82. The molecule has 0 saturated heterocycles. The van der Waals surface area contributed by atoms with Crippen LogP contribution in [0.5, 0.6) is 17.2 Å². The molecule has 0 fully saturated rings. The van der Waals surface area contributed by atoms with Gasteiger partial charge in [-0.05, 0) is 23.8 Å². The Morgan fingerprint density at radius 2 is 1.55 bits per heavy atom. The summed E-state index contributed by atoms with van der Waals surface area (Å²) in [5, 5.41) is 1.53. The summed E-state index contributed by atoms with van der Waals surface area (Å²) in [6.45, 7) is 4.30. The summed E-state index contributed by atoms with van der Waals surface area (Å²) in [6.07, 6.45) is 1.87. The Hall–Kier alpha value is -1.88. The first-order chi connectivity index (χ1) is 10.6. The maximum atomic E-state index is 5.39. The second-order valence-electron chi connectivity index (χ2n) is 4.97. The van der Waals surface area contributed by atoms with Gasteiger partial charge in [-0.25, -0.2) is 4.98 Å². The van der Waals surface area contributed by atoms with Crippen LogP contribution in [0.15, 0.2) is 35.5 Å². The molecule has 1 heterocycles. The van der Waals surface area contributed by atoms with Crippen molar-refractivity contribution < 1.29 is 14.2 Å². The molecule has 0 unspecified atom stereocenters. The van der Waals surface area contributed by atoms with Crippen LogP contribution in [0.2, 0.25) is 0 Å². The molecule has 4 nitrogen and oxygen atoms in total. The van der Waals surface area contributed by atoms with E-state index >= 15 is 0 Å². The number of rotatable bonds is 6. The smallest absolute Gasteiger partial charge is 0.203 e. The van der Waals surface area contributed by atoms with E-state index in [9.17, 15) is 0 Å². The van der Waals surface area contributed by atoms with Crippen molar-refractivity contribution in [3.63, 3.8) is 0 Å². The molecule has 0 aliphatic heterocycles. The van der Waals surface area contributed by atoms with Crippen LogP contribution in [-0.2, 0) is 0 Å². The van der Waals surface area contributed by atoms with E-state index in [1.165, 1.54) is 0 Å². The fourth-order valence-electron chi connectivity index (χ4n) is 2.11. The number of methoxy groups -OCH3 is 3. The van der Waals surface area contributed by atoms with Crippen molar-refractivity contribution in [1.29, 1.82) is 0 Å². The van der Waals surface area contributed by atoms with Crippen molar-refractivity contribution >= 4 is 11.8 Å². The molecule has 0 spiro atoms. The lowest BCUT2D eigenvalue weighted by Gasteiger charge is -2.14. The number of thioether (sulfide) groups is 1. The summed E-state index contributed by atoms with van der Waals surface area (Å²) in [6, 6.07) is 7.93. The largest absolute Gasteiger partial charge is 0.493 e. The molecule has 2 rings (SSSR count). The van der Waals surface area contributed by atoms with E-state index in [2.05, 4.69) is 24.9 Å². The van der Waals surface area contributed by atoms with Crippen LogP contribution in [0, 0.1) is 0 Å². The van der Waals surface area contributed by atoms with Gasteiger partial charge in [-0.15, -0.1) is 11.8 Å². The topological polar surface area (TPSA) is 40.6 Å². The summed E-state index contributed by atoms with van der Waals surface area (Å²) in [5.41, 5.74) is 1.98. The first-order valence-corrected chi connectivity index (χ1v) is 7.90. The highest BCUT2D eigenvalue weighted by Crippen LogP contribution is 2.41. The fraction of sp³-hybridized carbons (Fsp3) is 0.353. The van der Waals surface area contributed by atoms with Gasteiger partial charge in [-0.1, -0.05) is 19.9 Å². The number of nitrogens with zero attached hydrogens (tertiary/aromatic N) is 1. The number of pyridine rings is 1. The van der Waals surface area contributed by atoms with Gasteiger partial charge in [0.05, 0.1) is 26.4 Å². The number of ether oxygens (including phenoxy) is 3. The SMILES string of the molecule is COc1cc(-c2ccc(SC(C)C)nc2)cc(OC)c1OC. The second kappa shape index (κ2) is 7.40. The summed E-state index contributed by atoms with van der Waals surface area (Å²) < 4.78 is 16.1. The fourth-order valence-corrected chi connectivity index (χ4v) is 2.85. The molecular formula is C17H21NO3S. The van der Waals surface area contributed by atoms with Crippen molar-refractivity contribution in [3.8, 4) is 28.4 Å². The molecule has 0 aliphatic carbocycles. The lowest BCUT2D eigenvalue weighted by Crippen LogP contribution is -1.96. The molecule has 1 aromatic heterocycles. The Kier molecular flexibility index (Phi) is 5.55. The Morgan fingerprint density at radius 1 is 0.909 bits per heavy atom. The van der Waals surface area contributed by atoms with E-state index in [4.69, 9.17) is 14.2 Å². The van der Waals surface area contributed by atoms with Gasteiger partial charge in [0.15, 0.2) is 11.5 Å². The van der Waals surface area contributed by atoms with Gasteiger partial charge < -0.3 is 14.2 Å². The first kappa shape index (κ1) is 16.5. The summed E-state index contributed by atoms with van der Waals surface area (Å²) >= 11 is 1.74. The quantitative estimate of drug-likeness (QED) is 0.743. The Bertz CT molecular complexity index is 601. The molecular weight excluding hydrogens is 298 g/mol. The van der Waals surface area contributed by atoms with Gasteiger partial charge in [0.1, 0.15) is 0 Å². The zero-order valence-electron chi connectivity index (χ0n) is 13.5. The third-order valence-electron chi connectivity index (χ3n) is 3.09. The molecule has 5 heteroatoms. The van der Waals surface area contributed by atoms with Crippen molar-refractivity contribution in [2.45, 2.75) is 24.1 Å². The minimum atomic E-state index is 0.513. The van der Waals surface area contributed by atoms with Gasteiger partial charge in [0, 0.05) is 17.0 Å².